The van der Waals surface area contributed by atoms with Gasteiger partial charge in [-0.3, -0.25) is 4.90 Å². The second-order valence-corrected chi connectivity index (χ2v) is 3.31. The number of aliphatic hydroxyl groups is 1. The summed E-state index contributed by atoms with van der Waals surface area (Å²) in [6, 6.07) is -0.134. The summed E-state index contributed by atoms with van der Waals surface area (Å²) in [7, 11) is 3.09. The van der Waals surface area contributed by atoms with Gasteiger partial charge in [-0.05, 0) is 27.1 Å². The van der Waals surface area contributed by atoms with Crippen LogP contribution in [0.2, 0.25) is 0 Å². The first-order valence-corrected chi connectivity index (χ1v) is 4.42. The molecule has 0 aliphatic carbocycles. The third kappa shape index (κ3) is 7.11. The van der Waals surface area contributed by atoms with Gasteiger partial charge in [-0.2, -0.15) is 13.2 Å². The lowest BCUT2D eigenvalue weighted by Gasteiger charge is -2.21. The summed E-state index contributed by atoms with van der Waals surface area (Å²) >= 11 is 0. The van der Waals surface area contributed by atoms with Crippen molar-refractivity contribution >= 4 is 0 Å². The zero-order valence-electron chi connectivity index (χ0n) is 8.43. The number of rotatable bonds is 6. The molecule has 0 amide bonds. The highest BCUT2D eigenvalue weighted by atomic mass is 19.4. The molecule has 14 heavy (non-hydrogen) atoms. The predicted molar refractivity (Wildman–Crippen MR) is 48.1 cm³/mol. The van der Waals surface area contributed by atoms with Crippen LogP contribution in [0.4, 0.5) is 13.2 Å². The number of halogens is 3. The smallest absolute Gasteiger partial charge is 0.395 e. The largest absolute Gasteiger partial charge is 0.401 e. The molecule has 0 bridgehead atoms. The fourth-order valence-corrected chi connectivity index (χ4v) is 1.09. The molecule has 0 fully saturated rings. The van der Waals surface area contributed by atoms with Gasteiger partial charge in [0.05, 0.1) is 13.2 Å². The Bertz CT molecular complexity index is 148. The summed E-state index contributed by atoms with van der Waals surface area (Å²) < 4.78 is 35.7. The zero-order chi connectivity index (χ0) is 11.2. The second kappa shape index (κ2) is 6.21. The van der Waals surface area contributed by atoms with Crippen LogP contribution in [0.3, 0.4) is 0 Å². The van der Waals surface area contributed by atoms with E-state index in [9.17, 15) is 13.2 Å². The maximum atomic E-state index is 11.9. The van der Waals surface area contributed by atoms with Gasteiger partial charge in [0.15, 0.2) is 0 Å². The third-order valence-corrected chi connectivity index (χ3v) is 1.94. The molecule has 6 heteroatoms. The average Bonchev–Trinajstić information content (AvgIpc) is 2.03. The predicted octanol–water partition coefficient (Wildman–Crippen LogP) is 0.451. The van der Waals surface area contributed by atoms with Gasteiger partial charge in [0.2, 0.25) is 0 Å². The molecule has 0 aliphatic heterocycles. The number of hydrogen-bond acceptors (Lipinski definition) is 3. The first-order chi connectivity index (χ1) is 6.39. The molecule has 0 rings (SSSR count). The highest BCUT2D eigenvalue weighted by Crippen LogP contribution is 2.15. The molecule has 0 heterocycles. The first-order valence-electron chi connectivity index (χ1n) is 4.42. The molecule has 0 spiro atoms. The van der Waals surface area contributed by atoms with E-state index in [0.717, 1.165) is 0 Å². The Kier molecular flexibility index (Phi) is 6.06. The molecule has 86 valence electrons. The van der Waals surface area contributed by atoms with Crippen LogP contribution < -0.4 is 5.32 Å². The van der Waals surface area contributed by atoms with Crippen LogP contribution in [0, 0.1) is 0 Å². The Morgan fingerprint density at radius 1 is 1.43 bits per heavy atom. The molecule has 0 aromatic heterocycles. The van der Waals surface area contributed by atoms with Crippen LogP contribution in [0.25, 0.3) is 0 Å². The second-order valence-electron chi connectivity index (χ2n) is 3.31. The summed E-state index contributed by atoms with van der Waals surface area (Å²) in [6.45, 7) is -0.656. The van der Waals surface area contributed by atoms with Gasteiger partial charge >= 0.3 is 6.18 Å². The topological polar surface area (TPSA) is 35.5 Å². The number of alkyl halides is 3. The highest BCUT2D eigenvalue weighted by Gasteiger charge is 2.28. The van der Waals surface area contributed by atoms with Crippen LogP contribution in [-0.4, -0.2) is 56.0 Å². The molecule has 2 N–H and O–H groups in total. The summed E-state index contributed by atoms with van der Waals surface area (Å²) in [5, 5.41) is 11.6. The minimum Gasteiger partial charge on any atom is -0.395 e. The van der Waals surface area contributed by atoms with Gasteiger partial charge in [-0.1, -0.05) is 0 Å². The standard InChI is InChI=1S/C8H17F3N2O/c1-12-7(5-14)3-4-13(2)6-8(9,10)11/h7,12,14H,3-6H2,1-2H3. The molecular formula is C8H17F3N2O. The summed E-state index contributed by atoms with van der Waals surface area (Å²) in [6.07, 6.45) is -3.65. The van der Waals surface area contributed by atoms with E-state index < -0.39 is 12.7 Å². The quantitative estimate of drug-likeness (QED) is 0.674. The number of hydrogen-bond donors (Lipinski definition) is 2. The molecule has 1 atom stereocenters. The minimum atomic E-state index is -4.15. The Labute approximate surface area is 81.9 Å². The van der Waals surface area contributed by atoms with Crippen molar-refractivity contribution < 1.29 is 18.3 Å². The fraction of sp³-hybridized carbons (Fsp3) is 1.00. The van der Waals surface area contributed by atoms with Crippen LogP contribution in [-0.2, 0) is 0 Å². The molecule has 0 aromatic carbocycles. The van der Waals surface area contributed by atoms with Crippen molar-refractivity contribution in [3.8, 4) is 0 Å². The Morgan fingerprint density at radius 3 is 2.36 bits per heavy atom. The van der Waals surface area contributed by atoms with Crippen molar-refractivity contribution in [2.24, 2.45) is 0 Å². The Balaban J connectivity index is 3.67. The van der Waals surface area contributed by atoms with Crippen LogP contribution in [0.5, 0.6) is 0 Å². The molecular weight excluding hydrogens is 197 g/mol. The van der Waals surface area contributed by atoms with Gasteiger partial charge in [0.1, 0.15) is 0 Å². The number of nitrogens with zero attached hydrogens (tertiary/aromatic N) is 1. The van der Waals surface area contributed by atoms with E-state index in [1.807, 2.05) is 0 Å². The van der Waals surface area contributed by atoms with E-state index in [2.05, 4.69) is 5.32 Å². The van der Waals surface area contributed by atoms with Crippen LogP contribution in [0.1, 0.15) is 6.42 Å². The van der Waals surface area contributed by atoms with Crippen molar-refractivity contribution in [2.45, 2.75) is 18.6 Å². The van der Waals surface area contributed by atoms with E-state index in [-0.39, 0.29) is 12.6 Å². The van der Waals surface area contributed by atoms with Gasteiger partial charge < -0.3 is 10.4 Å². The van der Waals surface area contributed by atoms with Crippen molar-refractivity contribution in [1.29, 1.82) is 0 Å². The molecule has 1 unspecified atom stereocenters. The van der Waals surface area contributed by atoms with Gasteiger partial charge in [-0.15, -0.1) is 0 Å². The van der Waals surface area contributed by atoms with Crippen molar-refractivity contribution in [2.75, 3.05) is 33.8 Å². The van der Waals surface area contributed by atoms with E-state index in [0.29, 0.717) is 13.0 Å². The average molecular weight is 214 g/mol. The van der Waals surface area contributed by atoms with Gasteiger partial charge in [0, 0.05) is 6.04 Å². The third-order valence-electron chi connectivity index (χ3n) is 1.94. The summed E-state index contributed by atoms with van der Waals surface area (Å²) in [4.78, 5) is 1.19. The lowest BCUT2D eigenvalue weighted by atomic mass is 10.2. The SMILES string of the molecule is CNC(CO)CCN(C)CC(F)(F)F. The summed E-state index contributed by atoms with van der Waals surface area (Å²) in [5.41, 5.74) is 0. The van der Waals surface area contributed by atoms with E-state index >= 15 is 0 Å². The first kappa shape index (κ1) is 13.7. The lowest BCUT2D eigenvalue weighted by molar-refractivity contribution is -0.143. The summed E-state index contributed by atoms with van der Waals surface area (Å²) in [5.74, 6) is 0. The highest BCUT2D eigenvalue weighted by molar-refractivity contribution is 4.66. The number of nitrogens with one attached hydrogen (secondary N) is 1. The van der Waals surface area contributed by atoms with E-state index in [4.69, 9.17) is 5.11 Å². The molecule has 0 aromatic rings. The maximum absolute atomic E-state index is 11.9. The molecule has 3 nitrogen and oxygen atoms in total. The van der Waals surface area contributed by atoms with Crippen molar-refractivity contribution in [3.05, 3.63) is 0 Å². The van der Waals surface area contributed by atoms with Crippen LogP contribution >= 0.6 is 0 Å². The van der Waals surface area contributed by atoms with Crippen LogP contribution in [0.15, 0.2) is 0 Å². The maximum Gasteiger partial charge on any atom is 0.401 e. The number of likely N-dealkylation sites (N-methyl/N-ethyl adjacent to an activating group) is 1. The molecule has 0 aliphatic rings. The molecule has 0 radical (unpaired) electrons. The van der Waals surface area contributed by atoms with E-state index in [1.165, 1.54) is 11.9 Å². The van der Waals surface area contributed by atoms with Crippen molar-refractivity contribution in [1.82, 2.24) is 10.2 Å². The monoisotopic (exact) mass is 214 g/mol. The molecule has 0 saturated carbocycles. The fourth-order valence-electron chi connectivity index (χ4n) is 1.09. The van der Waals surface area contributed by atoms with Gasteiger partial charge in [-0.25, -0.2) is 0 Å². The number of aliphatic hydroxyl groups excluding tert-OH is 1. The van der Waals surface area contributed by atoms with Gasteiger partial charge in [0.25, 0.3) is 0 Å². The Morgan fingerprint density at radius 2 is 2.00 bits per heavy atom. The minimum absolute atomic E-state index is 0.0592. The molecule has 0 saturated heterocycles. The lowest BCUT2D eigenvalue weighted by Crippen LogP contribution is -2.36. The van der Waals surface area contributed by atoms with Crippen molar-refractivity contribution in [3.63, 3.8) is 0 Å². The van der Waals surface area contributed by atoms with E-state index in [1.54, 1.807) is 7.05 Å². The zero-order valence-corrected chi connectivity index (χ0v) is 8.43. The Hall–Kier alpha value is -0.330. The normalized spacial score (nSPS) is 14.8.